The summed E-state index contributed by atoms with van der Waals surface area (Å²) in [5.41, 5.74) is 0.943. The largest absolute Gasteiger partial charge is 0.356 e. The zero-order chi connectivity index (χ0) is 21.0. The molecule has 1 fully saturated rings. The zero-order valence-electron chi connectivity index (χ0n) is 17.1. The lowest BCUT2D eigenvalue weighted by atomic mass is 10.1. The predicted octanol–water partition coefficient (Wildman–Crippen LogP) is 1.74. The van der Waals surface area contributed by atoms with Gasteiger partial charge >= 0.3 is 0 Å². The Kier molecular flexibility index (Phi) is 6.48. The Balaban J connectivity index is 1.21. The van der Waals surface area contributed by atoms with Gasteiger partial charge in [0.2, 0.25) is 15.9 Å². The minimum atomic E-state index is -3.43. The van der Waals surface area contributed by atoms with Gasteiger partial charge in [0.1, 0.15) is 11.6 Å². The summed E-state index contributed by atoms with van der Waals surface area (Å²) >= 11 is 0. The monoisotopic (exact) mass is 431 g/mol. The van der Waals surface area contributed by atoms with E-state index in [2.05, 4.69) is 24.8 Å². The summed E-state index contributed by atoms with van der Waals surface area (Å²) < 4.78 is 29.3. The molecule has 0 spiro atoms. The Bertz CT molecular complexity index is 981. The van der Waals surface area contributed by atoms with Crippen LogP contribution in [0.4, 0.5) is 0 Å². The summed E-state index contributed by atoms with van der Waals surface area (Å²) in [6.07, 6.45) is 7.96. The number of carbonyl (C=O) groups is 1. The maximum atomic E-state index is 12.2. The molecular formula is C21H29N5O3S. The molecule has 1 aromatic carbocycles. The molecule has 1 aliphatic heterocycles. The molecule has 2 heterocycles. The van der Waals surface area contributed by atoms with Gasteiger partial charge in [0.25, 0.3) is 0 Å². The number of rotatable bonds is 9. The van der Waals surface area contributed by atoms with E-state index >= 15 is 0 Å². The smallest absolute Gasteiger partial charge is 0.240 e. The maximum absolute atomic E-state index is 12.2. The summed E-state index contributed by atoms with van der Waals surface area (Å²) in [5.74, 6) is 1.99. The van der Waals surface area contributed by atoms with E-state index in [1.165, 1.54) is 12.8 Å². The molecule has 0 radical (unpaired) electrons. The topological polar surface area (TPSA) is 106 Å². The van der Waals surface area contributed by atoms with E-state index in [1.807, 2.05) is 0 Å². The highest BCUT2D eigenvalue weighted by Gasteiger charge is 2.27. The summed E-state index contributed by atoms with van der Waals surface area (Å²) in [4.78, 5) is 12.5. The van der Waals surface area contributed by atoms with Crippen molar-refractivity contribution in [1.82, 2.24) is 24.8 Å². The first kappa shape index (κ1) is 21.0. The van der Waals surface area contributed by atoms with Crippen LogP contribution in [0.15, 0.2) is 29.2 Å². The number of benzene rings is 1. The van der Waals surface area contributed by atoms with Crippen LogP contribution in [0.25, 0.3) is 0 Å². The van der Waals surface area contributed by atoms with Gasteiger partial charge in [-0.3, -0.25) is 4.79 Å². The number of sulfonamides is 1. The first-order chi connectivity index (χ1) is 14.5. The molecule has 2 aliphatic rings. The van der Waals surface area contributed by atoms with Gasteiger partial charge in [0.15, 0.2) is 0 Å². The number of aryl methyl sites for hydroxylation is 2. The lowest BCUT2D eigenvalue weighted by molar-refractivity contribution is -0.121. The molecule has 8 nitrogen and oxygen atoms in total. The van der Waals surface area contributed by atoms with Gasteiger partial charge in [0.05, 0.1) is 4.90 Å². The standard InChI is InChI=1S/C21H29N5O3S/c27-21(22-14-13-20-24-23-19-4-2-1-3-15-26(19)20)12-7-16-5-10-18(11-6-16)30(28,29)25-17-8-9-17/h5-6,10-11,17,25H,1-4,7-9,12-15H2,(H,22,27). The Morgan fingerprint density at radius 3 is 2.63 bits per heavy atom. The van der Waals surface area contributed by atoms with Gasteiger partial charge in [0, 0.05) is 38.4 Å². The molecule has 30 heavy (non-hydrogen) atoms. The second kappa shape index (κ2) is 9.26. The van der Waals surface area contributed by atoms with Crippen molar-refractivity contribution in [3.63, 3.8) is 0 Å². The van der Waals surface area contributed by atoms with Crippen molar-refractivity contribution in [3.05, 3.63) is 41.5 Å². The van der Waals surface area contributed by atoms with E-state index in [1.54, 1.807) is 24.3 Å². The first-order valence-electron chi connectivity index (χ1n) is 10.8. The average molecular weight is 432 g/mol. The van der Waals surface area contributed by atoms with E-state index in [9.17, 15) is 13.2 Å². The highest BCUT2D eigenvalue weighted by Crippen LogP contribution is 2.22. The molecule has 4 rings (SSSR count). The number of hydrogen-bond donors (Lipinski definition) is 2. The van der Waals surface area contributed by atoms with E-state index in [0.29, 0.717) is 25.8 Å². The molecule has 0 saturated heterocycles. The molecular weight excluding hydrogens is 402 g/mol. The number of aromatic nitrogens is 3. The second-order valence-corrected chi connectivity index (χ2v) is 9.85. The van der Waals surface area contributed by atoms with Crippen LogP contribution >= 0.6 is 0 Å². The van der Waals surface area contributed by atoms with Crippen molar-refractivity contribution in [2.75, 3.05) is 6.54 Å². The molecule has 2 aromatic rings. The van der Waals surface area contributed by atoms with Crippen LogP contribution in [0.3, 0.4) is 0 Å². The lowest BCUT2D eigenvalue weighted by Crippen LogP contribution is -2.27. The molecule has 1 amide bonds. The fourth-order valence-electron chi connectivity index (χ4n) is 3.71. The molecule has 1 saturated carbocycles. The van der Waals surface area contributed by atoms with Crippen LogP contribution in [0.2, 0.25) is 0 Å². The highest BCUT2D eigenvalue weighted by atomic mass is 32.2. The van der Waals surface area contributed by atoms with E-state index in [-0.39, 0.29) is 16.8 Å². The summed E-state index contributed by atoms with van der Waals surface area (Å²) in [6, 6.07) is 6.86. The van der Waals surface area contributed by atoms with Crippen LogP contribution in [-0.4, -0.2) is 41.7 Å². The number of carbonyl (C=O) groups excluding carboxylic acids is 1. The molecule has 2 N–H and O–H groups in total. The summed E-state index contributed by atoms with van der Waals surface area (Å²) in [5, 5.41) is 11.5. The fourth-order valence-corrected chi connectivity index (χ4v) is 5.02. The summed E-state index contributed by atoms with van der Waals surface area (Å²) in [6.45, 7) is 1.51. The fraction of sp³-hybridized carbons (Fsp3) is 0.571. The third-order valence-electron chi connectivity index (χ3n) is 5.63. The SMILES string of the molecule is O=C(CCc1ccc(S(=O)(=O)NC2CC2)cc1)NCCc1nnc2n1CCCCC2. The molecule has 0 unspecified atom stereocenters. The molecule has 162 valence electrons. The Morgan fingerprint density at radius 2 is 1.87 bits per heavy atom. The number of nitrogens with one attached hydrogen (secondary N) is 2. The Morgan fingerprint density at radius 1 is 1.07 bits per heavy atom. The third kappa shape index (κ3) is 5.46. The summed E-state index contributed by atoms with van der Waals surface area (Å²) in [7, 11) is -3.43. The number of fused-ring (bicyclic) bond motifs is 1. The Hall–Kier alpha value is -2.26. The van der Waals surface area contributed by atoms with Crippen molar-refractivity contribution in [1.29, 1.82) is 0 Å². The predicted molar refractivity (Wildman–Crippen MR) is 112 cm³/mol. The van der Waals surface area contributed by atoms with Crippen LogP contribution in [0, 0.1) is 0 Å². The zero-order valence-corrected chi connectivity index (χ0v) is 18.0. The molecule has 0 bridgehead atoms. The first-order valence-corrected chi connectivity index (χ1v) is 12.3. The van der Waals surface area contributed by atoms with E-state index in [4.69, 9.17) is 0 Å². The van der Waals surface area contributed by atoms with Crippen molar-refractivity contribution in [2.24, 2.45) is 0 Å². The van der Waals surface area contributed by atoms with Gasteiger partial charge < -0.3 is 9.88 Å². The van der Waals surface area contributed by atoms with Gasteiger partial charge in [-0.1, -0.05) is 18.6 Å². The molecule has 0 atom stereocenters. The number of amides is 1. The third-order valence-corrected chi connectivity index (χ3v) is 7.17. The molecule has 1 aromatic heterocycles. The van der Waals surface area contributed by atoms with E-state index in [0.717, 1.165) is 49.4 Å². The highest BCUT2D eigenvalue weighted by molar-refractivity contribution is 7.89. The maximum Gasteiger partial charge on any atom is 0.240 e. The van der Waals surface area contributed by atoms with Gasteiger partial charge in [-0.25, -0.2) is 13.1 Å². The van der Waals surface area contributed by atoms with Gasteiger partial charge in [-0.05, 0) is 49.8 Å². The second-order valence-electron chi connectivity index (χ2n) is 8.13. The van der Waals surface area contributed by atoms with Crippen molar-refractivity contribution in [2.45, 2.75) is 75.3 Å². The Labute approximate surface area is 177 Å². The molecule has 1 aliphatic carbocycles. The van der Waals surface area contributed by atoms with Crippen molar-refractivity contribution in [3.8, 4) is 0 Å². The van der Waals surface area contributed by atoms with Crippen molar-refractivity contribution < 1.29 is 13.2 Å². The molecule has 9 heteroatoms. The van der Waals surface area contributed by atoms with Crippen LogP contribution in [-0.2, 0) is 40.6 Å². The van der Waals surface area contributed by atoms with Crippen LogP contribution < -0.4 is 10.0 Å². The van der Waals surface area contributed by atoms with Crippen LogP contribution in [0.1, 0.15) is 55.7 Å². The quantitative estimate of drug-likeness (QED) is 0.629. The van der Waals surface area contributed by atoms with E-state index < -0.39 is 10.0 Å². The average Bonchev–Trinajstić information content (AvgIpc) is 3.50. The minimum absolute atomic E-state index is 0.0160. The number of hydrogen-bond acceptors (Lipinski definition) is 5. The van der Waals surface area contributed by atoms with Gasteiger partial charge in [-0.15, -0.1) is 10.2 Å². The minimum Gasteiger partial charge on any atom is -0.356 e. The van der Waals surface area contributed by atoms with Crippen LogP contribution in [0.5, 0.6) is 0 Å². The normalized spacial score (nSPS) is 16.7. The van der Waals surface area contributed by atoms with Crippen molar-refractivity contribution >= 4 is 15.9 Å². The van der Waals surface area contributed by atoms with Gasteiger partial charge in [-0.2, -0.15) is 0 Å². The number of nitrogens with zero attached hydrogens (tertiary/aromatic N) is 3. The lowest BCUT2D eigenvalue weighted by Gasteiger charge is -2.09.